The average Bonchev–Trinajstić information content (AvgIpc) is 2.67. The molecule has 1 amide bonds. The Kier molecular flexibility index (Phi) is 7.70. The van der Waals surface area contributed by atoms with E-state index in [1.54, 1.807) is 31.4 Å². The minimum absolute atomic E-state index is 0.150. The number of hydrogen-bond donors (Lipinski definition) is 1. The molecule has 0 aromatic heterocycles. The molecule has 1 aliphatic carbocycles. The zero-order valence-corrected chi connectivity index (χ0v) is 16.5. The second kappa shape index (κ2) is 10.00. The second-order valence-corrected chi connectivity index (χ2v) is 6.97. The van der Waals surface area contributed by atoms with Crippen LogP contribution in [0.2, 0.25) is 0 Å². The number of carbonyl (C=O) groups excluding carboxylic acids is 2. The fraction of sp³-hybridized carbons (Fsp3) is 0.524. The molecule has 1 fully saturated rings. The molecular weight excluding hydrogens is 346 g/mol. The van der Waals surface area contributed by atoms with E-state index in [2.05, 4.69) is 19.2 Å². The Balaban J connectivity index is 1.85. The van der Waals surface area contributed by atoms with Crippen LogP contribution in [-0.4, -0.2) is 38.7 Å². The summed E-state index contributed by atoms with van der Waals surface area (Å²) in [6.45, 7) is 4.09. The molecule has 0 unspecified atom stereocenters. The van der Waals surface area contributed by atoms with Crippen molar-refractivity contribution >= 4 is 18.0 Å². The quantitative estimate of drug-likeness (QED) is 0.585. The average molecular weight is 375 g/mol. The first-order valence-corrected chi connectivity index (χ1v) is 9.31. The van der Waals surface area contributed by atoms with E-state index in [-0.39, 0.29) is 18.6 Å². The van der Waals surface area contributed by atoms with Gasteiger partial charge in [0.25, 0.3) is 5.91 Å². The molecule has 0 heterocycles. The highest BCUT2D eigenvalue weighted by Gasteiger charge is 2.28. The van der Waals surface area contributed by atoms with Gasteiger partial charge in [-0.3, -0.25) is 4.79 Å². The van der Waals surface area contributed by atoms with E-state index in [1.165, 1.54) is 19.6 Å². The standard InChI is InChI=1S/C21H29NO5/c1-14-7-5-9-17(15(14)2)22-19(23)13-27-20(24)12-11-16-8-6-10-18(25-3)21(16)26-4/h6,8,10-12,14-15,17H,5,7,9,13H2,1-4H3,(H,22,23)/b12-11+/t14-,15+,17+/m1/s1. The van der Waals surface area contributed by atoms with E-state index in [9.17, 15) is 9.59 Å². The van der Waals surface area contributed by atoms with Gasteiger partial charge in [0.05, 0.1) is 14.2 Å². The van der Waals surface area contributed by atoms with E-state index >= 15 is 0 Å². The Labute approximate surface area is 160 Å². The molecule has 1 aromatic carbocycles. The highest BCUT2D eigenvalue weighted by atomic mass is 16.5. The molecule has 0 radical (unpaired) electrons. The van der Waals surface area contributed by atoms with Gasteiger partial charge in [0.1, 0.15) is 0 Å². The van der Waals surface area contributed by atoms with Crippen LogP contribution in [0.3, 0.4) is 0 Å². The molecule has 3 atom stereocenters. The van der Waals surface area contributed by atoms with Crippen LogP contribution >= 0.6 is 0 Å². The van der Waals surface area contributed by atoms with E-state index < -0.39 is 5.97 Å². The van der Waals surface area contributed by atoms with Crippen molar-refractivity contribution in [2.75, 3.05) is 20.8 Å². The van der Waals surface area contributed by atoms with Crippen molar-refractivity contribution in [2.24, 2.45) is 11.8 Å². The van der Waals surface area contributed by atoms with E-state index in [0.29, 0.717) is 28.9 Å². The fourth-order valence-corrected chi connectivity index (χ4v) is 3.42. The van der Waals surface area contributed by atoms with Crippen molar-refractivity contribution in [2.45, 2.75) is 39.2 Å². The summed E-state index contributed by atoms with van der Waals surface area (Å²) in [5.41, 5.74) is 0.684. The summed E-state index contributed by atoms with van der Waals surface area (Å²) in [7, 11) is 3.08. The molecule has 0 aliphatic heterocycles. The number of methoxy groups -OCH3 is 2. The Hall–Kier alpha value is -2.50. The molecule has 1 N–H and O–H groups in total. The van der Waals surface area contributed by atoms with E-state index in [0.717, 1.165) is 12.8 Å². The van der Waals surface area contributed by atoms with Gasteiger partial charge in [-0.2, -0.15) is 0 Å². The van der Waals surface area contributed by atoms with Gasteiger partial charge in [-0.1, -0.05) is 38.8 Å². The number of benzene rings is 1. The van der Waals surface area contributed by atoms with Crippen LogP contribution in [0.1, 0.15) is 38.7 Å². The third-order valence-corrected chi connectivity index (χ3v) is 5.23. The van der Waals surface area contributed by atoms with Crippen molar-refractivity contribution in [3.63, 3.8) is 0 Å². The van der Waals surface area contributed by atoms with Gasteiger partial charge in [-0.05, 0) is 30.4 Å². The molecule has 2 rings (SSSR count). The first kappa shape index (κ1) is 20.8. The van der Waals surface area contributed by atoms with Crippen LogP contribution in [0.5, 0.6) is 11.5 Å². The Morgan fingerprint density at radius 3 is 2.67 bits per heavy atom. The lowest BCUT2D eigenvalue weighted by Crippen LogP contribution is -2.45. The third kappa shape index (κ3) is 5.74. The molecule has 0 spiro atoms. The van der Waals surface area contributed by atoms with Gasteiger partial charge in [0.15, 0.2) is 18.1 Å². The maximum Gasteiger partial charge on any atom is 0.331 e. The van der Waals surface area contributed by atoms with Crippen molar-refractivity contribution in [1.29, 1.82) is 0 Å². The lowest BCUT2D eigenvalue weighted by atomic mass is 9.78. The predicted octanol–water partition coefficient (Wildman–Crippen LogP) is 3.20. The first-order chi connectivity index (χ1) is 13.0. The number of ether oxygens (including phenoxy) is 3. The first-order valence-electron chi connectivity index (χ1n) is 9.31. The predicted molar refractivity (Wildman–Crippen MR) is 104 cm³/mol. The van der Waals surface area contributed by atoms with Gasteiger partial charge in [0, 0.05) is 17.7 Å². The maximum absolute atomic E-state index is 12.1. The number of para-hydroxylation sites is 1. The number of carbonyl (C=O) groups is 2. The molecule has 1 aromatic rings. The number of nitrogens with one attached hydrogen (secondary N) is 1. The van der Waals surface area contributed by atoms with Crippen molar-refractivity contribution in [3.8, 4) is 11.5 Å². The van der Waals surface area contributed by atoms with E-state index in [1.807, 2.05) is 0 Å². The molecule has 0 saturated heterocycles. The zero-order chi connectivity index (χ0) is 19.8. The number of rotatable bonds is 7. The summed E-state index contributed by atoms with van der Waals surface area (Å²) in [6.07, 6.45) is 6.13. The van der Waals surface area contributed by atoms with Crippen LogP contribution in [-0.2, 0) is 14.3 Å². The summed E-state index contributed by atoms with van der Waals surface area (Å²) in [6, 6.07) is 5.51. The van der Waals surface area contributed by atoms with Gasteiger partial charge in [0.2, 0.25) is 0 Å². The van der Waals surface area contributed by atoms with Gasteiger partial charge in [-0.15, -0.1) is 0 Å². The third-order valence-electron chi connectivity index (χ3n) is 5.23. The molecule has 6 nitrogen and oxygen atoms in total. The minimum Gasteiger partial charge on any atom is -0.493 e. The monoisotopic (exact) mass is 375 g/mol. The minimum atomic E-state index is -0.583. The molecule has 1 aliphatic rings. The molecule has 27 heavy (non-hydrogen) atoms. The zero-order valence-electron chi connectivity index (χ0n) is 16.5. The summed E-state index contributed by atoms with van der Waals surface area (Å²) >= 11 is 0. The molecule has 1 saturated carbocycles. The fourth-order valence-electron chi connectivity index (χ4n) is 3.42. The number of esters is 1. The van der Waals surface area contributed by atoms with Crippen molar-refractivity contribution in [3.05, 3.63) is 29.8 Å². The highest BCUT2D eigenvalue weighted by molar-refractivity contribution is 5.90. The summed E-state index contributed by atoms with van der Waals surface area (Å²) < 4.78 is 15.6. The second-order valence-electron chi connectivity index (χ2n) is 6.97. The highest BCUT2D eigenvalue weighted by Crippen LogP contribution is 2.31. The lowest BCUT2D eigenvalue weighted by molar-refractivity contribution is -0.144. The van der Waals surface area contributed by atoms with Crippen LogP contribution in [0.15, 0.2) is 24.3 Å². The normalized spacial score (nSPS) is 22.3. The van der Waals surface area contributed by atoms with Crippen LogP contribution in [0.4, 0.5) is 0 Å². The van der Waals surface area contributed by atoms with Crippen molar-refractivity contribution in [1.82, 2.24) is 5.32 Å². The topological polar surface area (TPSA) is 73.9 Å². The smallest absolute Gasteiger partial charge is 0.331 e. The van der Waals surface area contributed by atoms with Crippen LogP contribution in [0.25, 0.3) is 6.08 Å². The number of hydrogen-bond acceptors (Lipinski definition) is 5. The Morgan fingerprint density at radius 1 is 1.19 bits per heavy atom. The summed E-state index contributed by atoms with van der Waals surface area (Å²) in [4.78, 5) is 24.0. The van der Waals surface area contributed by atoms with Crippen molar-refractivity contribution < 1.29 is 23.8 Å². The van der Waals surface area contributed by atoms with Gasteiger partial charge < -0.3 is 19.5 Å². The van der Waals surface area contributed by atoms with Crippen LogP contribution in [0, 0.1) is 11.8 Å². The van der Waals surface area contributed by atoms with Gasteiger partial charge >= 0.3 is 5.97 Å². The largest absolute Gasteiger partial charge is 0.493 e. The Bertz CT molecular complexity index is 685. The maximum atomic E-state index is 12.1. The Morgan fingerprint density at radius 2 is 1.96 bits per heavy atom. The van der Waals surface area contributed by atoms with Gasteiger partial charge in [-0.25, -0.2) is 4.79 Å². The summed E-state index contributed by atoms with van der Waals surface area (Å²) in [5.74, 6) is 1.28. The molecule has 148 valence electrons. The number of amides is 1. The van der Waals surface area contributed by atoms with E-state index in [4.69, 9.17) is 14.2 Å². The SMILES string of the molecule is COc1cccc(/C=C/C(=O)OCC(=O)N[C@H]2CCC[C@@H](C)[C@@H]2C)c1OC. The summed E-state index contributed by atoms with van der Waals surface area (Å²) in [5, 5.41) is 2.98. The molecular formula is C21H29NO5. The van der Waals surface area contributed by atoms with Crippen LogP contribution < -0.4 is 14.8 Å². The molecule has 6 heteroatoms. The lowest BCUT2D eigenvalue weighted by Gasteiger charge is -2.34. The molecule has 0 bridgehead atoms.